The van der Waals surface area contributed by atoms with Gasteiger partial charge in [0, 0.05) is 19.1 Å². The smallest absolute Gasteiger partial charge is 0.246 e. The summed E-state index contributed by atoms with van der Waals surface area (Å²) in [6.45, 7) is 2.84. The van der Waals surface area contributed by atoms with Gasteiger partial charge in [-0.1, -0.05) is 17.7 Å². The first-order chi connectivity index (χ1) is 9.96. The molecule has 112 valence electrons. The molecule has 0 aliphatic carbocycles. The lowest BCUT2D eigenvalue weighted by Gasteiger charge is -2.14. The number of benzene rings is 1. The van der Waals surface area contributed by atoms with Crippen molar-refractivity contribution in [1.29, 1.82) is 0 Å². The third-order valence-electron chi connectivity index (χ3n) is 3.68. The standard InChI is InChI=1S/C14H18N4O2S/c1-11-2-4-13(5-3-11)18-10-14(8-16-18)21(19,20)17-7-6-12(15)9-17/h2-5,8,10,12H,6-7,9,15H2,1H3/t12-/m0/s1. The average molecular weight is 306 g/mol. The first kappa shape index (κ1) is 14.2. The van der Waals surface area contributed by atoms with Crippen LogP contribution in [-0.2, 0) is 10.0 Å². The first-order valence-corrected chi connectivity index (χ1v) is 8.28. The molecule has 0 unspecified atom stereocenters. The van der Waals surface area contributed by atoms with Crippen LogP contribution < -0.4 is 5.73 Å². The molecule has 2 heterocycles. The fourth-order valence-corrected chi connectivity index (χ4v) is 3.84. The van der Waals surface area contributed by atoms with Crippen LogP contribution in [-0.4, -0.2) is 41.6 Å². The summed E-state index contributed by atoms with van der Waals surface area (Å²) in [5, 5.41) is 4.15. The second-order valence-electron chi connectivity index (χ2n) is 5.37. The summed E-state index contributed by atoms with van der Waals surface area (Å²) in [6, 6.07) is 7.66. The molecule has 21 heavy (non-hydrogen) atoms. The Labute approximate surface area is 124 Å². The van der Waals surface area contributed by atoms with Gasteiger partial charge in [0.2, 0.25) is 10.0 Å². The topological polar surface area (TPSA) is 81.2 Å². The van der Waals surface area contributed by atoms with Crippen LogP contribution in [0.4, 0.5) is 0 Å². The Hall–Kier alpha value is -1.70. The number of aryl methyl sites for hydroxylation is 1. The van der Waals surface area contributed by atoms with Crippen LogP contribution in [0.2, 0.25) is 0 Å². The van der Waals surface area contributed by atoms with Gasteiger partial charge in [-0.15, -0.1) is 0 Å². The van der Waals surface area contributed by atoms with Crippen LogP contribution >= 0.6 is 0 Å². The molecule has 0 radical (unpaired) electrons. The molecule has 7 heteroatoms. The molecule has 1 aliphatic heterocycles. The van der Waals surface area contributed by atoms with Gasteiger partial charge in [0.25, 0.3) is 0 Å². The fraction of sp³-hybridized carbons (Fsp3) is 0.357. The van der Waals surface area contributed by atoms with E-state index in [9.17, 15) is 8.42 Å². The highest BCUT2D eigenvalue weighted by Gasteiger charge is 2.31. The highest BCUT2D eigenvalue weighted by Crippen LogP contribution is 2.21. The lowest BCUT2D eigenvalue weighted by Crippen LogP contribution is -2.31. The number of rotatable bonds is 3. The summed E-state index contributed by atoms with van der Waals surface area (Å²) >= 11 is 0. The molecule has 0 bridgehead atoms. The predicted molar refractivity (Wildman–Crippen MR) is 79.7 cm³/mol. The van der Waals surface area contributed by atoms with Crippen molar-refractivity contribution in [2.24, 2.45) is 5.73 Å². The third kappa shape index (κ3) is 2.72. The van der Waals surface area contributed by atoms with E-state index in [0.29, 0.717) is 19.5 Å². The van der Waals surface area contributed by atoms with Crippen LogP contribution in [0.1, 0.15) is 12.0 Å². The van der Waals surface area contributed by atoms with Crippen LogP contribution in [0.3, 0.4) is 0 Å². The van der Waals surface area contributed by atoms with E-state index in [-0.39, 0.29) is 10.9 Å². The maximum atomic E-state index is 12.5. The highest BCUT2D eigenvalue weighted by atomic mass is 32.2. The van der Waals surface area contributed by atoms with Crippen molar-refractivity contribution in [3.05, 3.63) is 42.2 Å². The molecule has 1 atom stereocenters. The summed E-state index contributed by atoms with van der Waals surface area (Å²) in [5.41, 5.74) is 7.76. The van der Waals surface area contributed by atoms with Crippen molar-refractivity contribution >= 4 is 10.0 Å². The number of hydrogen-bond acceptors (Lipinski definition) is 4. The van der Waals surface area contributed by atoms with E-state index in [2.05, 4.69) is 5.10 Å². The molecule has 1 fully saturated rings. The Morgan fingerprint density at radius 2 is 2.00 bits per heavy atom. The Kier molecular flexibility index (Phi) is 3.56. The third-order valence-corrected chi connectivity index (χ3v) is 5.50. The van der Waals surface area contributed by atoms with Gasteiger partial charge >= 0.3 is 0 Å². The van der Waals surface area contributed by atoms with Gasteiger partial charge < -0.3 is 5.73 Å². The zero-order chi connectivity index (χ0) is 15.0. The van der Waals surface area contributed by atoms with Gasteiger partial charge in [0.15, 0.2) is 0 Å². The minimum Gasteiger partial charge on any atom is -0.326 e. The summed E-state index contributed by atoms with van der Waals surface area (Å²) in [4.78, 5) is 0.206. The zero-order valence-corrected chi connectivity index (χ0v) is 12.6. The van der Waals surface area contributed by atoms with E-state index in [1.807, 2.05) is 31.2 Å². The van der Waals surface area contributed by atoms with E-state index < -0.39 is 10.0 Å². The normalized spacial score (nSPS) is 20.0. The number of sulfonamides is 1. The summed E-state index contributed by atoms with van der Waals surface area (Å²) in [5.74, 6) is 0. The summed E-state index contributed by atoms with van der Waals surface area (Å²) in [6.07, 6.45) is 3.63. The SMILES string of the molecule is Cc1ccc(-n2cc(S(=O)(=O)N3CC[C@H](N)C3)cn2)cc1. The van der Waals surface area contributed by atoms with E-state index in [0.717, 1.165) is 11.3 Å². The quantitative estimate of drug-likeness (QED) is 0.913. The number of nitrogens with two attached hydrogens (primary N) is 1. The zero-order valence-electron chi connectivity index (χ0n) is 11.8. The van der Waals surface area contributed by atoms with Gasteiger partial charge in [-0.05, 0) is 25.5 Å². The maximum absolute atomic E-state index is 12.5. The molecule has 3 rings (SSSR count). The summed E-state index contributed by atoms with van der Waals surface area (Å²) < 4.78 is 28.0. The van der Waals surface area contributed by atoms with Crippen molar-refractivity contribution < 1.29 is 8.42 Å². The van der Waals surface area contributed by atoms with Crippen molar-refractivity contribution in [3.8, 4) is 5.69 Å². The van der Waals surface area contributed by atoms with Gasteiger partial charge in [0.05, 0.1) is 18.1 Å². The Balaban J connectivity index is 1.89. The number of aromatic nitrogens is 2. The molecule has 1 aromatic heterocycles. The van der Waals surface area contributed by atoms with Crippen LogP contribution in [0, 0.1) is 6.92 Å². The van der Waals surface area contributed by atoms with E-state index >= 15 is 0 Å². The van der Waals surface area contributed by atoms with Crippen molar-refractivity contribution in [3.63, 3.8) is 0 Å². The van der Waals surface area contributed by atoms with Gasteiger partial charge in [-0.3, -0.25) is 0 Å². The number of hydrogen-bond donors (Lipinski definition) is 1. The van der Waals surface area contributed by atoms with E-state index in [4.69, 9.17) is 5.73 Å². The minimum absolute atomic E-state index is 0.0769. The minimum atomic E-state index is -3.50. The van der Waals surface area contributed by atoms with Crippen molar-refractivity contribution in [1.82, 2.24) is 14.1 Å². The maximum Gasteiger partial charge on any atom is 0.246 e. The predicted octanol–water partition coefficient (Wildman–Crippen LogP) is 0.902. The Bertz CT molecular complexity index is 737. The largest absolute Gasteiger partial charge is 0.326 e. The second kappa shape index (κ2) is 5.25. The van der Waals surface area contributed by atoms with Gasteiger partial charge in [-0.25, -0.2) is 13.1 Å². The molecule has 0 amide bonds. The highest BCUT2D eigenvalue weighted by molar-refractivity contribution is 7.89. The molecule has 0 spiro atoms. The molecule has 1 saturated heterocycles. The van der Waals surface area contributed by atoms with Crippen LogP contribution in [0.25, 0.3) is 5.69 Å². The fourth-order valence-electron chi connectivity index (χ4n) is 2.40. The lowest BCUT2D eigenvalue weighted by molar-refractivity contribution is 0.472. The molecule has 6 nitrogen and oxygen atoms in total. The molecule has 2 N–H and O–H groups in total. The first-order valence-electron chi connectivity index (χ1n) is 6.84. The lowest BCUT2D eigenvalue weighted by atomic mass is 10.2. The van der Waals surface area contributed by atoms with Crippen LogP contribution in [0.15, 0.2) is 41.6 Å². The molecule has 1 aromatic carbocycles. The van der Waals surface area contributed by atoms with E-state index in [1.165, 1.54) is 10.5 Å². The molecule has 2 aromatic rings. The molecule has 1 aliphatic rings. The van der Waals surface area contributed by atoms with Gasteiger partial charge in [-0.2, -0.15) is 9.40 Å². The Morgan fingerprint density at radius 3 is 2.62 bits per heavy atom. The van der Waals surface area contributed by atoms with Crippen molar-refractivity contribution in [2.45, 2.75) is 24.3 Å². The monoisotopic (exact) mass is 306 g/mol. The van der Waals surface area contributed by atoms with Gasteiger partial charge in [0.1, 0.15) is 4.90 Å². The average Bonchev–Trinajstić information content (AvgIpc) is 3.09. The summed E-state index contributed by atoms with van der Waals surface area (Å²) in [7, 11) is -3.50. The van der Waals surface area contributed by atoms with E-state index in [1.54, 1.807) is 10.9 Å². The van der Waals surface area contributed by atoms with Crippen LogP contribution in [0.5, 0.6) is 0 Å². The second-order valence-corrected chi connectivity index (χ2v) is 7.31. The molecular formula is C14H18N4O2S. The van der Waals surface area contributed by atoms with Crippen molar-refractivity contribution in [2.75, 3.05) is 13.1 Å². The molecule has 0 saturated carbocycles. The Morgan fingerprint density at radius 1 is 1.29 bits per heavy atom. The molecular weight excluding hydrogens is 288 g/mol. The number of nitrogens with zero attached hydrogens (tertiary/aromatic N) is 3.